The van der Waals surface area contributed by atoms with Gasteiger partial charge in [-0.1, -0.05) is 0 Å². The Balaban J connectivity index is 2.03. The molecule has 0 atom stereocenters. The summed E-state index contributed by atoms with van der Waals surface area (Å²) < 4.78 is 59.9. The van der Waals surface area contributed by atoms with E-state index < -0.39 is 47.2 Å². The van der Waals surface area contributed by atoms with Crippen LogP contribution >= 0.6 is 11.6 Å². The van der Waals surface area contributed by atoms with Crippen LogP contribution in [0.15, 0.2) is 18.2 Å². The van der Waals surface area contributed by atoms with Crippen LogP contribution in [0.4, 0.5) is 23.4 Å². The molecular formula is C16H11ClF4N2O2. The van der Waals surface area contributed by atoms with Crippen molar-refractivity contribution in [3.63, 3.8) is 0 Å². The third-order valence-corrected chi connectivity index (χ3v) is 3.97. The average Bonchev–Trinajstić information content (AvgIpc) is 3.07. The third kappa shape index (κ3) is 3.26. The molecule has 1 aromatic carbocycles. The van der Waals surface area contributed by atoms with Crippen LogP contribution in [0.25, 0.3) is 0 Å². The van der Waals surface area contributed by atoms with Gasteiger partial charge in [0.25, 0.3) is 0 Å². The molecule has 0 N–H and O–H groups in total. The molecule has 0 saturated carbocycles. The van der Waals surface area contributed by atoms with Crippen molar-refractivity contribution >= 4 is 23.3 Å². The van der Waals surface area contributed by atoms with Crippen LogP contribution in [-0.2, 0) is 17.8 Å². The predicted molar refractivity (Wildman–Crippen MR) is 81.6 cm³/mol. The van der Waals surface area contributed by atoms with Gasteiger partial charge in [0, 0.05) is 23.6 Å². The Labute approximate surface area is 145 Å². The summed E-state index contributed by atoms with van der Waals surface area (Å²) in [4.78, 5) is 17.0. The van der Waals surface area contributed by atoms with E-state index in [1.807, 2.05) is 0 Å². The molecule has 0 saturated heterocycles. The number of halogens is 5. The summed E-state index contributed by atoms with van der Waals surface area (Å²) in [5.74, 6) is -7.23. The van der Waals surface area contributed by atoms with Crippen LogP contribution in [0, 0.1) is 23.3 Å². The van der Waals surface area contributed by atoms with Gasteiger partial charge in [0.15, 0.2) is 23.3 Å². The van der Waals surface area contributed by atoms with Crippen LogP contribution in [0.1, 0.15) is 11.1 Å². The van der Waals surface area contributed by atoms with Crippen molar-refractivity contribution in [3.8, 4) is 5.88 Å². The molecular weight excluding hydrogens is 364 g/mol. The molecule has 0 unspecified atom stereocenters. The lowest BCUT2D eigenvalue weighted by atomic mass is 10.1. The first-order chi connectivity index (χ1) is 11.9. The molecule has 2 aromatic rings. The average molecular weight is 375 g/mol. The first kappa shape index (κ1) is 17.5. The molecule has 1 amide bonds. The molecule has 4 nitrogen and oxygen atoms in total. The lowest BCUT2D eigenvalue weighted by Crippen LogP contribution is -2.33. The smallest absolute Gasteiger partial charge is 0.243 e. The number of rotatable bonds is 4. The third-order valence-electron chi connectivity index (χ3n) is 3.75. The van der Waals surface area contributed by atoms with Crippen LogP contribution in [0.5, 0.6) is 5.88 Å². The topological polar surface area (TPSA) is 42.4 Å². The maximum atomic E-state index is 13.9. The van der Waals surface area contributed by atoms with Crippen molar-refractivity contribution in [3.05, 3.63) is 52.6 Å². The monoisotopic (exact) mass is 374 g/mol. The van der Waals surface area contributed by atoms with Gasteiger partial charge in [-0.15, -0.1) is 11.6 Å². The van der Waals surface area contributed by atoms with Gasteiger partial charge in [-0.05, 0) is 12.1 Å². The number of aromatic nitrogens is 1. The number of ether oxygens (including phenoxy) is 1. The number of carbonyl (C=O) groups excluding carboxylic acids is 1. The van der Waals surface area contributed by atoms with Gasteiger partial charge in [0.05, 0.1) is 13.2 Å². The van der Waals surface area contributed by atoms with Crippen molar-refractivity contribution in [1.29, 1.82) is 0 Å². The van der Waals surface area contributed by atoms with Crippen molar-refractivity contribution in [2.45, 2.75) is 13.0 Å². The molecule has 25 heavy (non-hydrogen) atoms. The Kier molecular flexibility index (Phi) is 4.80. The minimum Gasteiger partial charge on any atom is -0.477 e. The molecule has 1 aliphatic heterocycles. The van der Waals surface area contributed by atoms with Crippen molar-refractivity contribution < 1.29 is 27.1 Å². The number of benzene rings is 1. The highest BCUT2D eigenvalue weighted by atomic mass is 35.5. The van der Waals surface area contributed by atoms with E-state index in [9.17, 15) is 22.4 Å². The van der Waals surface area contributed by atoms with E-state index in [0.717, 1.165) is 10.5 Å². The van der Waals surface area contributed by atoms with Crippen LogP contribution in [0.2, 0.25) is 0 Å². The van der Waals surface area contributed by atoms with E-state index in [1.165, 1.54) is 6.07 Å². The maximum absolute atomic E-state index is 13.9. The Morgan fingerprint density at radius 3 is 2.52 bits per heavy atom. The van der Waals surface area contributed by atoms with E-state index in [-0.39, 0.29) is 17.8 Å². The second-order valence-corrected chi connectivity index (χ2v) is 5.56. The van der Waals surface area contributed by atoms with E-state index in [1.54, 1.807) is 6.07 Å². The van der Waals surface area contributed by atoms with E-state index in [0.29, 0.717) is 13.0 Å². The highest BCUT2D eigenvalue weighted by molar-refractivity contribution is 6.29. The molecule has 0 aliphatic carbocycles. The molecule has 0 radical (unpaired) electrons. The summed E-state index contributed by atoms with van der Waals surface area (Å²) in [6.45, 7) is -0.350. The predicted octanol–water partition coefficient (Wildman–Crippen LogP) is 3.34. The molecule has 1 aromatic heterocycles. The van der Waals surface area contributed by atoms with Gasteiger partial charge in [0.1, 0.15) is 11.7 Å². The molecule has 0 spiro atoms. The van der Waals surface area contributed by atoms with Crippen LogP contribution in [0.3, 0.4) is 0 Å². The molecule has 3 rings (SSSR count). The van der Waals surface area contributed by atoms with Crippen molar-refractivity contribution in [2.75, 3.05) is 17.4 Å². The summed E-state index contributed by atoms with van der Waals surface area (Å²) in [5, 5.41) is 0. The zero-order valence-electron chi connectivity index (χ0n) is 12.7. The number of anilines is 1. The summed E-state index contributed by atoms with van der Waals surface area (Å²) in [6, 6.07) is 3.20. The fraction of sp³-hybridized carbons (Fsp3) is 0.250. The Hall–Kier alpha value is -2.35. The van der Waals surface area contributed by atoms with Gasteiger partial charge in [-0.25, -0.2) is 17.6 Å². The zero-order valence-corrected chi connectivity index (χ0v) is 13.4. The van der Waals surface area contributed by atoms with Crippen LogP contribution in [-0.4, -0.2) is 23.4 Å². The zero-order chi connectivity index (χ0) is 18.1. The standard InChI is InChI=1S/C16H11ClF4N2O2/c17-6-13(24)23(12-2-1-8-3-4-25-16(8)22-12)7-9-14(20)10(18)5-11(19)15(9)21/h1-2,5H,3-4,6-7H2. The Bertz CT molecular complexity index is 821. The molecule has 0 fully saturated rings. The summed E-state index contributed by atoms with van der Waals surface area (Å²) in [6.07, 6.45) is 0.643. The van der Waals surface area contributed by atoms with Gasteiger partial charge in [0.2, 0.25) is 11.8 Å². The number of fused-ring (bicyclic) bond motifs is 1. The Morgan fingerprint density at radius 2 is 1.88 bits per heavy atom. The summed E-state index contributed by atoms with van der Waals surface area (Å²) in [7, 11) is 0. The second-order valence-electron chi connectivity index (χ2n) is 5.29. The quantitative estimate of drug-likeness (QED) is 0.468. The van der Waals surface area contributed by atoms with E-state index in [4.69, 9.17) is 16.3 Å². The molecule has 2 heterocycles. The first-order valence-corrected chi connectivity index (χ1v) is 7.76. The maximum Gasteiger partial charge on any atom is 0.243 e. The molecule has 1 aliphatic rings. The minimum atomic E-state index is -1.58. The van der Waals surface area contributed by atoms with E-state index in [2.05, 4.69) is 4.98 Å². The molecule has 9 heteroatoms. The highest BCUT2D eigenvalue weighted by Crippen LogP contribution is 2.28. The fourth-order valence-electron chi connectivity index (χ4n) is 2.47. The van der Waals surface area contributed by atoms with Crippen molar-refractivity contribution in [2.24, 2.45) is 0 Å². The van der Waals surface area contributed by atoms with Gasteiger partial charge in [-0.3, -0.25) is 9.69 Å². The second kappa shape index (κ2) is 6.87. The summed E-state index contributed by atoms with van der Waals surface area (Å²) >= 11 is 5.54. The highest BCUT2D eigenvalue weighted by Gasteiger charge is 2.26. The van der Waals surface area contributed by atoms with Gasteiger partial charge in [-0.2, -0.15) is 4.98 Å². The number of pyridine rings is 1. The SMILES string of the molecule is O=C(CCl)N(Cc1c(F)c(F)cc(F)c1F)c1ccc2c(n1)OCC2. The van der Waals surface area contributed by atoms with Crippen LogP contribution < -0.4 is 9.64 Å². The lowest BCUT2D eigenvalue weighted by Gasteiger charge is -2.22. The molecule has 132 valence electrons. The number of alkyl halides is 1. The number of carbonyl (C=O) groups is 1. The largest absolute Gasteiger partial charge is 0.477 e. The Morgan fingerprint density at radius 1 is 1.20 bits per heavy atom. The first-order valence-electron chi connectivity index (χ1n) is 7.23. The molecule has 0 bridgehead atoms. The van der Waals surface area contributed by atoms with Gasteiger partial charge >= 0.3 is 0 Å². The van der Waals surface area contributed by atoms with Gasteiger partial charge < -0.3 is 4.74 Å². The number of hydrogen-bond donors (Lipinski definition) is 0. The van der Waals surface area contributed by atoms with Crippen molar-refractivity contribution in [1.82, 2.24) is 4.98 Å². The number of nitrogens with zero attached hydrogens (tertiary/aromatic N) is 2. The number of amides is 1. The lowest BCUT2D eigenvalue weighted by molar-refractivity contribution is -0.116. The normalized spacial score (nSPS) is 12.7. The summed E-state index contributed by atoms with van der Waals surface area (Å²) in [5.41, 5.74) is -0.115. The number of hydrogen-bond acceptors (Lipinski definition) is 3. The van der Waals surface area contributed by atoms with E-state index >= 15 is 0 Å². The minimum absolute atomic E-state index is 0.00905. The fourth-order valence-corrected chi connectivity index (χ4v) is 2.62.